The van der Waals surface area contributed by atoms with Gasteiger partial charge in [-0.3, -0.25) is 13.8 Å². The number of benzene rings is 1. The molecule has 3 aromatic heterocycles. The molecule has 0 radical (unpaired) electrons. The summed E-state index contributed by atoms with van der Waals surface area (Å²) in [6, 6.07) is 14.8. The van der Waals surface area contributed by atoms with Gasteiger partial charge in [-0.05, 0) is 31.0 Å². The smallest absolute Gasteiger partial charge is 0.255 e. The Labute approximate surface area is 167 Å². The van der Waals surface area contributed by atoms with Gasteiger partial charge in [0.05, 0.1) is 17.5 Å². The third-order valence-corrected chi connectivity index (χ3v) is 5.64. The van der Waals surface area contributed by atoms with Crippen LogP contribution in [0.25, 0.3) is 11.3 Å². The van der Waals surface area contributed by atoms with E-state index in [-0.39, 0.29) is 5.56 Å². The third kappa shape index (κ3) is 2.84. The number of nitrogens with zero attached hydrogens (tertiary/aromatic N) is 3. The lowest BCUT2D eigenvalue weighted by Crippen LogP contribution is -2.20. The van der Waals surface area contributed by atoms with E-state index in [0.29, 0.717) is 23.5 Å². The quantitative estimate of drug-likeness (QED) is 0.586. The van der Waals surface area contributed by atoms with Gasteiger partial charge in [0, 0.05) is 36.6 Å². The molecule has 1 aromatic carbocycles. The second kappa shape index (κ2) is 6.60. The number of imidazole rings is 1. The Balaban J connectivity index is 1.68. The van der Waals surface area contributed by atoms with Crippen LogP contribution in [0.2, 0.25) is 0 Å². The van der Waals surface area contributed by atoms with Crippen LogP contribution in [0, 0.1) is 13.8 Å². The van der Waals surface area contributed by atoms with Crippen LogP contribution in [0.4, 0.5) is 0 Å². The van der Waals surface area contributed by atoms with Gasteiger partial charge in [-0.25, -0.2) is 4.98 Å². The molecule has 6 heteroatoms. The number of ether oxygens (including phenoxy) is 1. The lowest BCUT2D eigenvalue weighted by atomic mass is 10.1. The number of aryl methyl sites for hydroxylation is 2. The lowest BCUT2D eigenvalue weighted by Gasteiger charge is -2.20. The zero-order valence-corrected chi connectivity index (χ0v) is 16.2. The van der Waals surface area contributed by atoms with E-state index in [2.05, 4.69) is 4.98 Å². The van der Waals surface area contributed by atoms with Crippen molar-refractivity contribution in [3.8, 4) is 11.4 Å². The molecule has 0 saturated carbocycles. The molecule has 0 saturated heterocycles. The third-order valence-electron chi connectivity index (χ3n) is 5.64. The van der Waals surface area contributed by atoms with Crippen LogP contribution in [0.5, 0.6) is 5.75 Å². The average Bonchev–Trinajstić information content (AvgIpc) is 3.19. The second-order valence-electron chi connectivity index (χ2n) is 7.46. The van der Waals surface area contributed by atoms with Crippen LogP contribution in [-0.4, -0.2) is 25.2 Å². The van der Waals surface area contributed by atoms with Crippen molar-refractivity contribution < 1.29 is 9.84 Å². The molecule has 0 unspecified atom stereocenters. The molecule has 29 heavy (non-hydrogen) atoms. The number of hydrogen-bond acceptors (Lipinski definition) is 4. The fraction of sp³-hybridized carbons (Fsp3) is 0.217. The standard InChI is InChI=1S/C23H21N3O3/c1-14-15(2)26-13-17(25-10-6-5-9-21(25)28)12-20(23(26)24-14)29-22-18-8-4-3-7-16(18)11-19(22)27/h3-10,12-13,19,22,27H,11H2,1-2H3/t19-,22-/m0/s1. The number of rotatable bonds is 3. The summed E-state index contributed by atoms with van der Waals surface area (Å²) in [4.78, 5) is 17.0. The fourth-order valence-electron chi connectivity index (χ4n) is 4.00. The van der Waals surface area contributed by atoms with Gasteiger partial charge < -0.3 is 9.84 Å². The molecule has 0 amide bonds. The number of aliphatic hydroxyl groups excluding tert-OH is 1. The predicted molar refractivity (Wildman–Crippen MR) is 110 cm³/mol. The summed E-state index contributed by atoms with van der Waals surface area (Å²) in [5.41, 5.74) is 5.16. The highest BCUT2D eigenvalue weighted by Gasteiger charge is 2.33. The summed E-state index contributed by atoms with van der Waals surface area (Å²) in [6.45, 7) is 3.93. The summed E-state index contributed by atoms with van der Waals surface area (Å²) in [6.07, 6.45) is 3.06. The number of pyridine rings is 2. The largest absolute Gasteiger partial charge is 0.479 e. The minimum Gasteiger partial charge on any atom is -0.479 e. The van der Waals surface area contributed by atoms with Crippen molar-refractivity contribution >= 4 is 5.65 Å². The Morgan fingerprint density at radius 2 is 1.93 bits per heavy atom. The van der Waals surface area contributed by atoms with E-state index >= 15 is 0 Å². The topological polar surface area (TPSA) is 68.8 Å². The molecule has 5 rings (SSSR count). The van der Waals surface area contributed by atoms with Crippen molar-refractivity contribution in [2.75, 3.05) is 0 Å². The minimum absolute atomic E-state index is 0.126. The van der Waals surface area contributed by atoms with E-state index in [0.717, 1.165) is 22.5 Å². The maximum atomic E-state index is 12.4. The molecule has 2 atom stereocenters. The number of hydrogen-bond donors (Lipinski definition) is 1. The van der Waals surface area contributed by atoms with Gasteiger partial charge in [-0.2, -0.15) is 0 Å². The lowest BCUT2D eigenvalue weighted by molar-refractivity contribution is 0.0502. The average molecular weight is 387 g/mol. The van der Waals surface area contributed by atoms with Crippen molar-refractivity contribution in [1.29, 1.82) is 0 Å². The van der Waals surface area contributed by atoms with E-state index in [1.54, 1.807) is 16.8 Å². The highest BCUT2D eigenvalue weighted by Crippen LogP contribution is 2.37. The maximum absolute atomic E-state index is 12.4. The van der Waals surface area contributed by atoms with Crippen LogP contribution in [-0.2, 0) is 6.42 Å². The molecule has 0 bridgehead atoms. The van der Waals surface area contributed by atoms with Crippen molar-refractivity contribution in [2.24, 2.45) is 0 Å². The first kappa shape index (κ1) is 17.7. The highest BCUT2D eigenvalue weighted by molar-refractivity contribution is 5.60. The van der Waals surface area contributed by atoms with Crippen LogP contribution < -0.4 is 10.3 Å². The van der Waals surface area contributed by atoms with Gasteiger partial charge in [-0.15, -0.1) is 0 Å². The predicted octanol–water partition coefficient (Wildman–Crippen LogP) is 3.14. The molecule has 1 aliphatic rings. The molecule has 0 spiro atoms. The van der Waals surface area contributed by atoms with E-state index < -0.39 is 12.2 Å². The van der Waals surface area contributed by atoms with E-state index in [9.17, 15) is 9.90 Å². The monoisotopic (exact) mass is 387 g/mol. The maximum Gasteiger partial charge on any atom is 0.255 e. The molecular formula is C23H21N3O3. The Hall–Kier alpha value is -3.38. The highest BCUT2D eigenvalue weighted by atomic mass is 16.5. The minimum atomic E-state index is -0.632. The Bertz CT molecular complexity index is 1290. The summed E-state index contributed by atoms with van der Waals surface area (Å²) in [5.74, 6) is 0.537. The first-order chi connectivity index (χ1) is 14.0. The van der Waals surface area contributed by atoms with Gasteiger partial charge >= 0.3 is 0 Å². The summed E-state index contributed by atoms with van der Waals surface area (Å²) >= 11 is 0. The summed E-state index contributed by atoms with van der Waals surface area (Å²) in [5, 5.41) is 10.6. The molecule has 1 N–H and O–H groups in total. The van der Waals surface area contributed by atoms with Crippen LogP contribution >= 0.6 is 0 Å². The first-order valence-corrected chi connectivity index (χ1v) is 9.63. The molecule has 4 aromatic rings. The number of aromatic nitrogens is 3. The number of aliphatic hydroxyl groups is 1. The van der Waals surface area contributed by atoms with Gasteiger partial charge in [0.2, 0.25) is 0 Å². The summed E-state index contributed by atoms with van der Waals surface area (Å²) in [7, 11) is 0. The van der Waals surface area contributed by atoms with Gasteiger partial charge in [0.1, 0.15) is 0 Å². The van der Waals surface area contributed by atoms with E-state index in [1.807, 2.05) is 60.8 Å². The van der Waals surface area contributed by atoms with E-state index in [1.165, 1.54) is 6.07 Å². The van der Waals surface area contributed by atoms with Gasteiger partial charge in [0.25, 0.3) is 5.56 Å². The first-order valence-electron chi connectivity index (χ1n) is 9.63. The second-order valence-corrected chi connectivity index (χ2v) is 7.46. The molecular weight excluding hydrogens is 366 g/mol. The SMILES string of the molecule is Cc1nc2c(O[C@H]3c4ccccc4C[C@@H]3O)cc(-n3ccccc3=O)cn2c1C. The summed E-state index contributed by atoms with van der Waals surface area (Å²) < 4.78 is 9.86. The van der Waals surface area contributed by atoms with Crippen molar-refractivity contribution in [2.45, 2.75) is 32.5 Å². The van der Waals surface area contributed by atoms with Gasteiger partial charge in [0.15, 0.2) is 17.5 Å². The van der Waals surface area contributed by atoms with Crippen molar-refractivity contribution in [3.63, 3.8) is 0 Å². The van der Waals surface area contributed by atoms with Crippen molar-refractivity contribution in [3.05, 3.63) is 93.8 Å². The molecule has 6 nitrogen and oxygen atoms in total. The molecule has 0 fully saturated rings. The molecule has 146 valence electrons. The van der Waals surface area contributed by atoms with Crippen molar-refractivity contribution in [1.82, 2.24) is 14.0 Å². The zero-order chi connectivity index (χ0) is 20.1. The van der Waals surface area contributed by atoms with Crippen LogP contribution in [0.1, 0.15) is 28.6 Å². The molecule has 1 aliphatic carbocycles. The van der Waals surface area contributed by atoms with Crippen LogP contribution in [0.3, 0.4) is 0 Å². The Morgan fingerprint density at radius 3 is 2.76 bits per heavy atom. The normalized spacial score (nSPS) is 18.2. The van der Waals surface area contributed by atoms with E-state index in [4.69, 9.17) is 4.74 Å². The Morgan fingerprint density at radius 1 is 1.14 bits per heavy atom. The molecule has 0 aliphatic heterocycles. The fourth-order valence-corrected chi connectivity index (χ4v) is 4.00. The van der Waals surface area contributed by atoms with Gasteiger partial charge in [-0.1, -0.05) is 30.3 Å². The zero-order valence-electron chi connectivity index (χ0n) is 16.2. The number of fused-ring (bicyclic) bond motifs is 2. The Kier molecular flexibility index (Phi) is 4.03. The van der Waals surface area contributed by atoms with Crippen LogP contribution in [0.15, 0.2) is 65.7 Å². The molecule has 3 heterocycles.